The lowest BCUT2D eigenvalue weighted by Crippen LogP contribution is -2.51. The third kappa shape index (κ3) is 2.41. The molecule has 8 unspecified atom stereocenters. The summed E-state index contributed by atoms with van der Waals surface area (Å²) in [5.41, 5.74) is 3.80. The minimum absolute atomic E-state index is 0.130. The average Bonchev–Trinajstić information content (AvgIpc) is 3.18. The van der Waals surface area contributed by atoms with Crippen molar-refractivity contribution in [1.29, 1.82) is 0 Å². The molecule has 4 saturated carbocycles. The SMILES string of the molecule is CCC(C)C[C@H]1OC2(CCC3C4CCC5=CCCCC5(C)C4CC34CC42C)[C@H](C)C1(C)C. The molecule has 0 aromatic carbocycles. The Kier molecular flexibility index (Phi) is 4.63. The van der Waals surface area contributed by atoms with Gasteiger partial charge < -0.3 is 4.74 Å². The van der Waals surface area contributed by atoms with Crippen molar-refractivity contribution in [3.05, 3.63) is 11.6 Å². The lowest BCUT2D eigenvalue weighted by Gasteiger charge is -2.50. The average molecular weight is 439 g/mol. The van der Waals surface area contributed by atoms with Crippen molar-refractivity contribution in [2.45, 2.75) is 131 Å². The van der Waals surface area contributed by atoms with Crippen LogP contribution in [0.15, 0.2) is 11.6 Å². The second-order valence-electron chi connectivity index (χ2n) is 14.7. The zero-order valence-corrected chi connectivity index (χ0v) is 22.2. The highest BCUT2D eigenvalue weighted by Gasteiger charge is 2.84. The van der Waals surface area contributed by atoms with E-state index >= 15 is 0 Å². The van der Waals surface area contributed by atoms with Crippen molar-refractivity contribution < 1.29 is 4.74 Å². The molecule has 1 aliphatic heterocycles. The molecular weight excluding hydrogens is 388 g/mol. The molecule has 0 bridgehead atoms. The smallest absolute Gasteiger partial charge is 0.0776 e. The summed E-state index contributed by atoms with van der Waals surface area (Å²) in [6, 6.07) is 0. The minimum atomic E-state index is 0.130. The molecule has 1 heterocycles. The molecule has 1 saturated heterocycles. The van der Waals surface area contributed by atoms with E-state index in [4.69, 9.17) is 4.74 Å². The Balaban J connectivity index is 1.34. The van der Waals surface area contributed by atoms with E-state index in [0.29, 0.717) is 33.7 Å². The molecule has 6 aliphatic rings. The van der Waals surface area contributed by atoms with E-state index in [2.05, 4.69) is 54.5 Å². The summed E-state index contributed by atoms with van der Waals surface area (Å²) in [6.45, 7) is 17.8. The Morgan fingerprint density at radius 1 is 1.09 bits per heavy atom. The molecule has 1 heteroatoms. The van der Waals surface area contributed by atoms with Gasteiger partial charge in [0.25, 0.3) is 0 Å². The number of hydrogen-bond donors (Lipinski definition) is 0. The van der Waals surface area contributed by atoms with Crippen LogP contribution in [-0.2, 0) is 4.74 Å². The number of hydrogen-bond acceptors (Lipinski definition) is 1. The molecule has 6 rings (SSSR count). The molecule has 32 heavy (non-hydrogen) atoms. The molecule has 1 nitrogen and oxygen atoms in total. The predicted octanol–water partition coefficient (Wildman–Crippen LogP) is 8.58. The molecule has 0 radical (unpaired) electrons. The summed E-state index contributed by atoms with van der Waals surface area (Å²) in [5, 5.41) is 0. The number of rotatable bonds is 3. The maximum absolute atomic E-state index is 7.42. The molecule has 5 fully saturated rings. The normalized spacial score (nSPS) is 56.1. The molecule has 0 amide bonds. The third-order valence-corrected chi connectivity index (χ3v) is 13.6. The Labute approximate surface area is 198 Å². The quantitative estimate of drug-likeness (QED) is 0.401. The van der Waals surface area contributed by atoms with Crippen molar-refractivity contribution in [2.24, 2.45) is 51.2 Å². The molecule has 180 valence electrons. The van der Waals surface area contributed by atoms with E-state index in [1.807, 2.05) is 5.57 Å². The van der Waals surface area contributed by atoms with E-state index in [1.165, 1.54) is 70.6 Å². The van der Waals surface area contributed by atoms with Crippen molar-refractivity contribution in [1.82, 2.24) is 0 Å². The predicted molar refractivity (Wildman–Crippen MR) is 133 cm³/mol. The summed E-state index contributed by atoms with van der Waals surface area (Å²) in [6.07, 6.45) is 18.5. The van der Waals surface area contributed by atoms with E-state index in [9.17, 15) is 0 Å². The van der Waals surface area contributed by atoms with Crippen LogP contribution in [0.5, 0.6) is 0 Å². The molecular formula is C31H50O. The largest absolute Gasteiger partial charge is 0.370 e. The van der Waals surface area contributed by atoms with Crippen LogP contribution in [0, 0.1) is 51.2 Å². The first-order valence-electron chi connectivity index (χ1n) is 14.4. The zero-order valence-electron chi connectivity index (χ0n) is 22.2. The highest BCUT2D eigenvalue weighted by molar-refractivity contribution is 5.35. The van der Waals surface area contributed by atoms with E-state index < -0.39 is 0 Å². The molecule has 0 N–H and O–H groups in total. The van der Waals surface area contributed by atoms with Gasteiger partial charge >= 0.3 is 0 Å². The van der Waals surface area contributed by atoms with Crippen molar-refractivity contribution >= 4 is 0 Å². The van der Waals surface area contributed by atoms with Crippen LogP contribution in [0.4, 0.5) is 0 Å². The zero-order chi connectivity index (χ0) is 22.7. The number of fused-ring (bicyclic) bond motifs is 5. The van der Waals surface area contributed by atoms with Gasteiger partial charge in [-0.05, 0) is 110 Å². The number of ether oxygens (including phenoxy) is 1. The fourth-order valence-corrected chi connectivity index (χ4v) is 11.0. The first-order chi connectivity index (χ1) is 15.1. The van der Waals surface area contributed by atoms with Crippen LogP contribution in [0.25, 0.3) is 0 Å². The van der Waals surface area contributed by atoms with Crippen molar-refractivity contribution in [3.63, 3.8) is 0 Å². The van der Waals surface area contributed by atoms with Gasteiger partial charge in [-0.25, -0.2) is 0 Å². The van der Waals surface area contributed by atoms with Crippen LogP contribution in [0.3, 0.4) is 0 Å². The lowest BCUT2D eigenvalue weighted by molar-refractivity contribution is -0.146. The van der Waals surface area contributed by atoms with Gasteiger partial charge in [-0.15, -0.1) is 0 Å². The van der Waals surface area contributed by atoms with Gasteiger partial charge in [-0.3, -0.25) is 0 Å². The topological polar surface area (TPSA) is 9.23 Å². The van der Waals surface area contributed by atoms with Crippen LogP contribution in [-0.4, -0.2) is 11.7 Å². The maximum atomic E-state index is 7.42. The second kappa shape index (κ2) is 6.67. The van der Waals surface area contributed by atoms with Gasteiger partial charge in [0, 0.05) is 5.41 Å². The fourth-order valence-electron chi connectivity index (χ4n) is 11.0. The molecule has 2 spiro atoms. The van der Waals surface area contributed by atoms with Crippen LogP contribution in [0.2, 0.25) is 0 Å². The minimum Gasteiger partial charge on any atom is -0.370 e. The third-order valence-electron chi connectivity index (χ3n) is 13.6. The van der Waals surface area contributed by atoms with Gasteiger partial charge in [0.15, 0.2) is 0 Å². The summed E-state index contributed by atoms with van der Waals surface area (Å²) in [4.78, 5) is 0. The van der Waals surface area contributed by atoms with Gasteiger partial charge in [0.2, 0.25) is 0 Å². The second-order valence-corrected chi connectivity index (χ2v) is 14.7. The van der Waals surface area contributed by atoms with Crippen molar-refractivity contribution in [2.75, 3.05) is 0 Å². The highest BCUT2D eigenvalue weighted by Crippen LogP contribution is 2.87. The fraction of sp³-hybridized carbons (Fsp3) is 0.935. The van der Waals surface area contributed by atoms with E-state index in [0.717, 1.165) is 23.7 Å². The highest BCUT2D eigenvalue weighted by atomic mass is 16.5. The standard InChI is InChI=1S/C31H50O/c1-8-20(2)17-26-27(4,5)21(3)31(32-26)16-14-24-23-13-12-22-11-9-10-15-28(22,6)25(23)18-30(24)19-29(30,31)7/h11,20-21,23-26H,8-10,12-19H2,1-7H3/t20?,21-,23?,24?,25?,26-,28?,29?,30?,31?/m1/s1. The molecule has 10 atom stereocenters. The van der Waals surface area contributed by atoms with Crippen LogP contribution < -0.4 is 0 Å². The van der Waals surface area contributed by atoms with Crippen molar-refractivity contribution in [3.8, 4) is 0 Å². The summed E-state index contributed by atoms with van der Waals surface area (Å²) in [5.74, 6) is 4.36. The van der Waals surface area contributed by atoms with Gasteiger partial charge in [-0.1, -0.05) is 66.5 Å². The van der Waals surface area contributed by atoms with E-state index in [1.54, 1.807) is 0 Å². The van der Waals surface area contributed by atoms with Crippen LogP contribution >= 0.6 is 0 Å². The lowest BCUT2D eigenvalue weighted by atomic mass is 9.55. The Hall–Kier alpha value is -0.300. The molecule has 5 aliphatic carbocycles. The maximum Gasteiger partial charge on any atom is 0.0776 e. The molecule has 0 aromatic heterocycles. The molecule has 0 aromatic rings. The van der Waals surface area contributed by atoms with Crippen LogP contribution in [0.1, 0.15) is 119 Å². The first kappa shape index (κ1) is 22.2. The summed E-state index contributed by atoms with van der Waals surface area (Å²) in [7, 11) is 0. The Morgan fingerprint density at radius 2 is 1.88 bits per heavy atom. The van der Waals surface area contributed by atoms with Gasteiger partial charge in [0.05, 0.1) is 11.7 Å². The Morgan fingerprint density at radius 3 is 2.62 bits per heavy atom. The summed E-state index contributed by atoms with van der Waals surface area (Å²) < 4.78 is 7.42. The monoisotopic (exact) mass is 438 g/mol. The summed E-state index contributed by atoms with van der Waals surface area (Å²) >= 11 is 0. The van der Waals surface area contributed by atoms with Gasteiger partial charge in [-0.2, -0.15) is 0 Å². The van der Waals surface area contributed by atoms with E-state index in [-0.39, 0.29) is 5.60 Å². The van der Waals surface area contributed by atoms with Gasteiger partial charge in [0.1, 0.15) is 0 Å². The first-order valence-corrected chi connectivity index (χ1v) is 14.4. The number of allylic oxidation sites excluding steroid dienone is 2. The Bertz CT molecular complexity index is 824.